The number of aliphatic hydroxyl groups is 1. The van der Waals surface area contributed by atoms with E-state index in [0.717, 1.165) is 5.56 Å². The van der Waals surface area contributed by atoms with Crippen LogP contribution in [0.1, 0.15) is 23.6 Å². The number of carbonyl (C=O) groups excluding carboxylic acids is 2. The van der Waals surface area contributed by atoms with E-state index in [1.54, 1.807) is 19.2 Å². The highest BCUT2D eigenvalue weighted by Gasteiger charge is 2.31. The predicted molar refractivity (Wildman–Crippen MR) is 129 cm³/mol. The van der Waals surface area contributed by atoms with Crippen LogP contribution in [0.25, 0.3) is 0 Å². The lowest BCUT2D eigenvalue weighted by molar-refractivity contribution is -0.143. The largest absolute Gasteiger partial charge is 0.497 e. The number of ether oxygens (including phenoxy) is 2. The minimum absolute atomic E-state index is 0.0321. The first kappa shape index (κ1) is 24.8. The van der Waals surface area contributed by atoms with Crippen molar-refractivity contribution in [3.63, 3.8) is 0 Å². The van der Waals surface area contributed by atoms with Gasteiger partial charge < -0.3 is 24.8 Å². The van der Waals surface area contributed by atoms with E-state index in [0.29, 0.717) is 30.0 Å². The summed E-state index contributed by atoms with van der Waals surface area (Å²) in [5.41, 5.74) is 1.53. The van der Waals surface area contributed by atoms with E-state index in [9.17, 15) is 9.59 Å². The number of hydrogen-bond donors (Lipinski definition) is 2. The Labute approximate surface area is 199 Å². The van der Waals surface area contributed by atoms with Gasteiger partial charge in [-0.25, -0.2) is 0 Å². The number of rotatable bonds is 12. The van der Waals surface area contributed by atoms with Crippen LogP contribution in [0.15, 0.2) is 84.9 Å². The SMILES string of the molecule is COc1ccc(CN(C(=O)COc2ccccc2)[C@@H](C(=O)NCCCO)c2ccccc2)cc1. The van der Waals surface area contributed by atoms with Crippen LogP contribution in [0.4, 0.5) is 0 Å². The molecule has 0 heterocycles. The van der Waals surface area contributed by atoms with Gasteiger partial charge in [0.05, 0.1) is 7.11 Å². The maximum atomic E-state index is 13.4. The van der Waals surface area contributed by atoms with Gasteiger partial charge in [-0.3, -0.25) is 9.59 Å². The van der Waals surface area contributed by atoms with Gasteiger partial charge in [-0.2, -0.15) is 0 Å². The molecular weight excluding hydrogens is 432 g/mol. The van der Waals surface area contributed by atoms with Crippen LogP contribution in [0.5, 0.6) is 11.5 Å². The third kappa shape index (κ3) is 7.08. The highest BCUT2D eigenvalue weighted by molar-refractivity contribution is 5.89. The number of para-hydroxylation sites is 1. The lowest BCUT2D eigenvalue weighted by Gasteiger charge is -2.31. The number of carbonyl (C=O) groups is 2. The molecule has 3 aromatic carbocycles. The van der Waals surface area contributed by atoms with Crippen molar-refractivity contribution in [1.29, 1.82) is 0 Å². The number of aliphatic hydroxyl groups excluding tert-OH is 1. The molecule has 0 aliphatic carbocycles. The summed E-state index contributed by atoms with van der Waals surface area (Å²) in [5, 5.41) is 11.9. The standard InChI is InChI=1S/C27H30N2O5/c1-33-23-15-13-21(14-16-23)19-29(25(31)20-34-24-11-6-3-7-12-24)26(22-9-4-2-5-10-22)27(32)28-17-8-18-30/h2-7,9-16,26,30H,8,17-20H2,1H3,(H,28,32)/t26-/m1/s1. The molecule has 2 N–H and O–H groups in total. The molecule has 2 amide bonds. The molecule has 0 fully saturated rings. The van der Waals surface area contributed by atoms with Crippen LogP contribution in [0, 0.1) is 0 Å². The van der Waals surface area contributed by atoms with Crippen molar-refractivity contribution in [3.05, 3.63) is 96.1 Å². The Morgan fingerprint density at radius 1 is 0.912 bits per heavy atom. The Hall–Kier alpha value is -3.84. The second kappa shape index (κ2) is 13.0. The molecule has 3 aromatic rings. The summed E-state index contributed by atoms with van der Waals surface area (Å²) in [7, 11) is 1.59. The van der Waals surface area contributed by atoms with Crippen molar-refractivity contribution in [1.82, 2.24) is 10.2 Å². The Morgan fingerprint density at radius 3 is 2.18 bits per heavy atom. The van der Waals surface area contributed by atoms with Gasteiger partial charge in [0.25, 0.3) is 5.91 Å². The van der Waals surface area contributed by atoms with Gasteiger partial charge in [-0.15, -0.1) is 0 Å². The molecule has 0 saturated heterocycles. The molecule has 34 heavy (non-hydrogen) atoms. The topological polar surface area (TPSA) is 88.1 Å². The summed E-state index contributed by atoms with van der Waals surface area (Å²) in [5.74, 6) is 0.631. The van der Waals surface area contributed by atoms with Gasteiger partial charge in [0.15, 0.2) is 6.61 Å². The van der Waals surface area contributed by atoms with E-state index in [4.69, 9.17) is 14.6 Å². The van der Waals surface area contributed by atoms with Gasteiger partial charge in [-0.05, 0) is 41.8 Å². The fraction of sp³-hybridized carbons (Fsp3) is 0.259. The molecule has 7 heteroatoms. The molecule has 0 unspecified atom stereocenters. The first-order valence-corrected chi connectivity index (χ1v) is 11.2. The highest BCUT2D eigenvalue weighted by Crippen LogP contribution is 2.25. The van der Waals surface area contributed by atoms with Crippen LogP contribution in [-0.2, 0) is 16.1 Å². The second-order valence-electron chi connectivity index (χ2n) is 7.65. The van der Waals surface area contributed by atoms with Gasteiger partial charge in [0.1, 0.15) is 17.5 Å². The molecule has 1 atom stereocenters. The molecule has 0 spiro atoms. The van der Waals surface area contributed by atoms with Crippen molar-refractivity contribution in [2.75, 3.05) is 26.9 Å². The van der Waals surface area contributed by atoms with Crippen LogP contribution in [-0.4, -0.2) is 48.7 Å². The van der Waals surface area contributed by atoms with Crippen molar-refractivity contribution in [3.8, 4) is 11.5 Å². The van der Waals surface area contributed by atoms with Crippen molar-refractivity contribution >= 4 is 11.8 Å². The Balaban J connectivity index is 1.90. The second-order valence-corrected chi connectivity index (χ2v) is 7.65. The van der Waals surface area contributed by atoms with Crippen LogP contribution < -0.4 is 14.8 Å². The van der Waals surface area contributed by atoms with E-state index in [1.807, 2.05) is 72.8 Å². The Kier molecular flexibility index (Phi) is 9.49. The average Bonchev–Trinajstić information content (AvgIpc) is 2.88. The number of nitrogens with zero attached hydrogens (tertiary/aromatic N) is 1. The molecule has 178 valence electrons. The molecule has 0 aliphatic rings. The van der Waals surface area contributed by atoms with Crippen molar-refractivity contribution in [2.24, 2.45) is 0 Å². The van der Waals surface area contributed by atoms with Gasteiger partial charge in [0.2, 0.25) is 5.91 Å². The molecular formula is C27H30N2O5. The zero-order valence-electron chi connectivity index (χ0n) is 19.2. The normalized spacial score (nSPS) is 11.4. The van der Waals surface area contributed by atoms with E-state index >= 15 is 0 Å². The molecule has 0 aromatic heterocycles. The molecule has 7 nitrogen and oxygen atoms in total. The van der Waals surface area contributed by atoms with Gasteiger partial charge in [0, 0.05) is 19.7 Å². The van der Waals surface area contributed by atoms with E-state index in [1.165, 1.54) is 4.90 Å². The van der Waals surface area contributed by atoms with Crippen LogP contribution in [0.3, 0.4) is 0 Å². The highest BCUT2D eigenvalue weighted by atomic mass is 16.5. The monoisotopic (exact) mass is 462 g/mol. The summed E-state index contributed by atoms with van der Waals surface area (Å²) in [6, 6.07) is 24.7. The Bertz CT molecular complexity index is 1030. The summed E-state index contributed by atoms with van der Waals surface area (Å²) < 4.78 is 10.9. The first-order chi connectivity index (χ1) is 16.6. The summed E-state index contributed by atoms with van der Waals surface area (Å²) in [4.78, 5) is 28.3. The number of amides is 2. The smallest absolute Gasteiger partial charge is 0.261 e. The third-order valence-electron chi connectivity index (χ3n) is 5.25. The zero-order valence-corrected chi connectivity index (χ0v) is 19.2. The Morgan fingerprint density at radius 2 is 1.56 bits per heavy atom. The maximum absolute atomic E-state index is 13.4. The number of hydrogen-bond acceptors (Lipinski definition) is 5. The third-order valence-corrected chi connectivity index (χ3v) is 5.25. The van der Waals surface area contributed by atoms with E-state index < -0.39 is 6.04 Å². The number of nitrogens with one attached hydrogen (secondary N) is 1. The fourth-order valence-corrected chi connectivity index (χ4v) is 3.49. The molecule has 0 radical (unpaired) electrons. The summed E-state index contributed by atoms with van der Waals surface area (Å²) >= 11 is 0. The zero-order chi connectivity index (χ0) is 24.2. The van der Waals surface area contributed by atoms with Crippen molar-refractivity contribution < 1.29 is 24.2 Å². The average molecular weight is 463 g/mol. The summed E-state index contributed by atoms with van der Waals surface area (Å²) in [6.07, 6.45) is 0.427. The predicted octanol–water partition coefficient (Wildman–Crippen LogP) is 3.34. The lowest BCUT2D eigenvalue weighted by atomic mass is 10.0. The maximum Gasteiger partial charge on any atom is 0.261 e. The molecule has 3 rings (SSSR count). The van der Waals surface area contributed by atoms with Crippen LogP contribution in [0.2, 0.25) is 0 Å². The minimum atomic E-state index is -0.867. The molecule has 0 saturated carbocycles. The van der Waals surface area contributed by atoms with E-state index in [-0.39, 0.29) is 31.6 Å². The van der Waals surface area contributed by atoms with E-state index in [2.05, 4.69) is 5.32 Å². The summed E-state index contributed by atoms with van der Waals surface area (Å²) in [6.45, 7) is 0.265. The number of benzene rings is 3. The first-order valence-electron chi connectivity index (χ1n) is 11.2. The number of methoxy groups -OCH3 is 1. The molecule has 0 aliphatic heterocycles. The minimum Gasteiger partial charge on any atom is -0.497 e. The lowest BCUT2D eigenvalue weighted by Crippen LogP contribution is -2.45. The van der Waals surface area contributed by atoms with Crippen LogP contribution >= 0.6 is 0 Å². The fourth-order valence-electron chi connectivity index (χ4n) is 3.49. The quantitative estimate of drug-likeness (QED) is 0.403. The van der Waals surface area contributed by atoms with Gasteiger partial charge >= 0.3 is 0 Å². The van der Waals surface area contributed by atoms with Gasteiger partial charge in [-0.1, -0.05) is 60.7 Å². The molecule has 0 bridgehead atoms. The van der Waals surface area contributed by atoms with Crippen molar-refractivity contribution in [2.45, 2.75) is 19.0 Å².